The predicted octanol–water partition coefficient (Wildman–Crippen LogP) is 1.99. The monoisotopic (exact) mass is 313 g/mol. The van der Waals surface area contributed by atoms with Crippen LogP contribution >= 0.6 is 0 Å². The molecule has 23 heavy (non-hydrogen) atoms. The Balaban J connectivity index is 1.82. The maximum Gasteiger partial charge on any atom is 0.354 e. The lowest BCUT2D eigenvalue weighted by molar-refractivity contribution is -0.0383. The number of aromatic carboxylic acids is 1. The Labute approximate surface area is 131 Å². The summed E-state index contributed by atoms with van der Waals surface area (Å²) >= 11 is 0. The molecule has 1 aliphatic heterocycles. The SMILES string of the molecule is O=C(O)c1ccn2ncc(-c3ccnn3C3CCCCO3)c2n1. The second-order valence-electron chi connectivity index (χ2n) is 5.43. The number of carbonyl (C=O) groups is 1. The van der Waals surface area contributed by atoms with E-state index in [2.05, 4.69) is 15.2 Å². The molecule has 1 saturated heterocycles. The average molecular weight is 313 g/mol. The molecule has 4 rings (SSSR count). The first-order valence-electron chi connectivity index (χ1n) is 7.47. The maximum absolute atomic E-state index is 11.1. The summed E-state index contributed by atoms with van der Waals surface area (Å²) in [7, 11) is 0. The number of rotatable bonds is 3. The van der Waals surface area contributed by atoms with Gasteiger partial charge in [0, 0.05) is 19.0 Å². The van der Waals surface area contributed by atoms with E-state index in [0.717, 1.165) is 37.1 Å². The van der Waals surface area contributed by atoms with Gasteiger partial charge in [0.15, 0.2) is 17.6 Å². The zero-order valence-electron chi connectivity index (χ0n) is 12.3. The first-order valence-corrected chi connectivity index (χ1v) is 7.47. The molecule has 1 aliphatic rings. The molecule has 0 aliphatic carbocycles. The lowest BCUT2D eigenvalue weighted by Crippen LogP contribution is -2.19. The Morgan fingerprint density at radius 2 is 2.22 bits per heavy atom. The van der Waals surface area contributed by atoms with E-state index in [4.69, 9.17) is 9.84 Å². The van der Waals surface area contributed by atoms with Crippen molar-refractivity contribution < 1.29 is 14.6 Å². The van der Waals surface area contributed by atoms with Gasteiger partial charge in [0.05, 0.1) is 17.5 Å². The highest BCUT2D eigenvalue weighted by Crippen LogP contribution is 2.29. The Bertz CT molecular complexity index is 863. The predicted molar refractivity (Wildman–Crippen MR) is 80.0 cm³/mol. The summed E-state index contributed by atoms with van der Waals surface area (Å²) in [6.45, 7) is 0.722. The molecule has 3 aromatic heterocycles. The summed E-state index contributed by atoms with van der Waals surface area (Å²) in [6, 6.07) is 3.29. The molecule has 4 heterocycles. The summed E-state index contributed by atoms with van der Waals surface area (Å²) < 4.78 is 9.17. The molecule has 0 saturated carbocycles. The van der Waals surface area contributed by atoms with Gasteiger partial charge in [-0.05, 0) is 31.4 Å². The largest absolute Gasteiger partial charge is 0.477 e. The van der Waals surface area contributed by atoms with Crippen molar-refractivity contribution in [3.05, 3.63) is 36.4 Å². The number of ether oxygens (including phenoxy) is 1. The van der Waals surface area contributed by atoms with Gasteiger partial charge >= 0.3 is 5.97 Å². The molecule has 0 radical (unpaired) electrons. The van der Waals surface area contributed by atoms with Crippen LogP contribution in [0.2, 0.25) is 0 Å². The van der Waals surface area contributed by atoms with Crippen LogP contribution in [0.5, 0.6) is 0 Å². The molecular formula is C15H15N5O3. The van der Waals surface area contributed by atoms with Crippen LogP contribution in [-0.4, -0.2) is 42.1 Å². The average Bonchev–Trinajstić information content (AvgIpc) is 3.21. The first kappa shape index (κ1) is 13.9. The van der Waals surface area contributed by atoms with Crippen LogP contribution in [0, 0.1) is 0 Å². The van der Waals surface area contributed by atoms with E-state index in [0.29, 0.717) is 5.65 Å². The minimum absolute atomic E-state index is 0.0146. The Morgan fingerprint density at radius 1 is 1.30 bits per heavy atom. The van der Waals surface area contributed by atoms with Gasteiger partial charge < -0.3 is 9.84 Å². The van der Waals surface area contributed by atoms with Crippen molar-refractivity contribution >= 4 is 11.6 Å². The standard InChI is InChI=1S/C15H15N5O3/c21-15(22)11-5-7-19-14(18-11)10(9-17-19)12-4-6-16-20(12)13-3-1-2-8-23-13/h4-7,9,13H,1-3,8H2,(H,21,22). The van der Waals surface area contributed by atoms with Gasteiger partial charge in [-0.3, -0.25) is 0 Å². The van der Waals surface area contributed by atoms with Crippen molar-refractivity contribution in [1.82, 2.24) is 24.4 Å². The van der Waals surface area contributed by atoms with Gasteiger partial charge in [-0.15, -0.1) is 0 Å². The zero-order chi connectivity index (χ0) is 15.8. The summed E-state index contributed by atoms with van der Waals surface area (Å²) in [6.07, 6.45) is 7.93. The molecule has 1 atom stereocenters. The van der Waals surface area contributed by atoms with E-state index >= 15 is 0 Å². The minimum atomic E-state index is -1.07. The number of hydrogen-bond donors (Lipinski definition) is 1. The van der Waals surface area contributed by atoms with Gasteiger partial charge in [-0.25, -0.2) is 19.0 Å². The van der Waals surface area contributed by atoms with Gasteiger partial charge in [0.1, 0.15) is 0 Å². The summed E-state index contributed by atoms with van der Waals surface area (Å²) in [5.74, 6) is -1.07. The van der Waals surface area contributed by atoms with Crippen LogP contribution in [0.1, 0.15) is 36.0 Å². The highest BCUT2D eigenvalue weighted by Gasteiger charge is 2.22. The third-order valence-electron chi connectivity index (χ3n) is 3.96. The Hall–Kier alpha value is -2.74. The highest BCUT2D eigenvalue weighted by atomic mass is 16.5. The normalized spacial score (nSPS) is 18.3. The topological polar surface area (TPSA) is 94.5 Å². The fourth-order valence-electron chi connectivity index (χ4n) is 2.84. The molecule has 0 amide bonds. The highest BCUT2D eigenvalue weighted by molar-refractivity contribution is 5.87. The molecule has 1 N–H and O–H groups in total. The van der Waals surface area contributed by atoms with E-state index in [-0.39, 0.29) is 11.9 Å². The number of nitrogens with zero attached hydrogens (tertiary/aromatic N) is 5. The molecular weight excluding hydrogens is 298 g/mol. The van der Waals surface area contributed by atoms with Crippen molar-refractivity contribution in [1.29, 1.82) is 0 Å². The van der Waals surface area contributed by atoms with Crippen LogP contribution in [-0.2, 0) is 4.74 Å². The van der Waals surface area contributed by atoms with Crippen LogP contribution in [0.3, 0.4) is 0 Å². The number of carboxylic acid groups (broad SMARTS) is 1. The molecule has 0 bridgehead atoms. The molecule has 1 unspecified atom stereocenters. The summed E-state index contributed by atoms with van der Waals surface area (Å²) in [5.41, 5.74) is 2.03. The van der Waals surface area contributed by atoms with E-state index in [9.17, 15) is 4.79 Å². The number of carboxylic acids is 1. The summed E-state index contributed by atoms with van der Waals surface area (Å²) in [4.78, 5) is 15.3. The molecule has 8 nitrogen and oxygen atoms in total. The van der Waals surface area contributed by atoms with Gasteiger partial charge in [-0.1, -0.05) is 0 Å². The smallest absolute Gasteiger partial charge is 0.354 e. The van der Waals surface area contributed by atoms with Gasteiger partial charge in [-0.2, -0.15) is 10.2 Å². The fraction of sp³-hybridized carbons (Fsp3) is 0.333. The molecule has 118 valence electrons. The lowest BCUT2D eigenvalue weighted by atomic mass is 10.1. The van der Waals surface area contributed by atoms with Gasteiger partial charge in [0.2, 0.25) is 0 Å². The molecule has 1 fully saturated rings. The quantitative estimate of drug-likeness (QED) is 0.794. The van der Waals surface area contributed by atoms with Crippen molar-refractivity contribution in [3.8, 4) is 11.3 Å². The van der Waals surface area contributed by atoms with Crippen molar-refractivity contribution in [3.63, 3.8) is 0 Å². The second-order valence-corrected chi connectivity index (χ2v) is 5.43. The van der Waals surface area contributed by atoms with Gasteiger partial charge in [0.25, 0.3) is 0 Å². The third-order valence-corrected chi connectivity index (χ3v) is 3.96. The maximum atomic E-state index is 11.1. The van der Waals surface area contributed by atoms with E-state index < -0.39 is 5.97 Å². The summed E-state index contributed by atoms with van der Waals surface area (Å²) in [5, 5.41) is 17.7. The number of fused-ring (bicyclic) bond motifs is 1. The van der Waals surface area contributed by atoms with Crippen LogP contribution < -0.4 is 0 Å². The van der Waals surface area contributed by atoms with Crippen molar-refractivity contribution in [2.24, 2.45) is 0 Å². The zero-order valence-corrected chi connectivity index (χ0v) is 12.3. The number of aromatic nitrogens is 5. The Morgan fingerprint density at radius 3 is 3.00 bits per heavy atom. The third kappa shape index (κ3) is 2.36. The Kier molecular flexibility index (Phi) is 3.30. The minimum Gasteiger partial charge on any atom is -0.477 e. The van der Waals surface area contributed by atoms with Crippen LogP contribution in [0.15, 0.2) is 30.7 Å². The fourth-order valence-corrected chi connectivity index (χ4v) is 2.84. The molecule has 0 spiro atoms. The van der Waals surface area contributed by atoms with Crippen molar-refractivity contribution in [2.45, 2.75) is 25.5 Å². The number of hydrogen-bond acceptors (Lipinski definition) is 5. The lowest BCUT2D eigenvalue weighted by Gasteiger charge is -2.24. The first-order chi connectivity index (χ1) is 11.2. The van der Waals surface area contributed by atoms with E-state index in [1.165, 1.54) is 6.07 Å². The van der Waals surface area contributed by atoms with Crippen LogP contribution in [0.4, 0.5) is 0 Å². The van der Waals surface area contributed by atoms with Crippen molar-refractivity contribution in [2.75, 3.05) is 6.61 Å². The van der Waals surface area contributed by atoms with E-state index in [1.807, 2.05) is 10.7 Å². The molecule has 3 aromatic rings. The van der Waals surface area contributed by atoms with E-state index in [1.54, 1.807) is 23.1 Å². The molecule has 8 heteroatoms. The van der Waals surface area contributed by atoms with Crippen LogP contribution in [0.25, 0.3) is 16.9 Å². The molecule has 0 aromatic carbocycles. The second kappa shape index (κ2) is 5.47.